The molecule has 0 unspecified atom stereocenters. The first-order valence-electron chi connectivity index (χ1n) is 6.70. The molecule has 0 spiro atoms. The van der Waals surface area contributed by atoms with E-state index in [0.717, 1.165) is 0 Å². The molecule has 7 heteroatoms. The van der Waals surface area contributed by atoms with Crippen molar-refractivity contribution in [3.63, 3.8) is 0 Å². The van der Waals surface area contributed by atoms with Crippen LogP contribution in [0.1, 0.15) is 38.4 Å². The van der Waals surface area contributed by atoms with Gasteiger partial charge in [-0.2, -0.15) is 13.2 Å². The van der Waals surface area contributed by atoms with E-state index in [4.69, 9.17) is 0 Å². The Morgan fingerprint density at radius 3 is 2.45 bits per heavy atom. The van der Waals surface area contributed by atoms with Crippen LogP contribution in [-0.4, -0.2) is 29.2 Å². The zero-order valence-corrected chi connectivity index (χ0v) is 11.5. The molecule has 2 heterocycles. The quantitative estimate of drug-likeness (QED) is 0.910. The first-order valence-corrected chi connectivity index (χ1v) is 6.70. The molecule has 1 N–H and O–H groups in total. The fourth-order valence-electron chi connectivity index (χ4n) is 2.33. The third-order valence-corrected chi connectivity index (χ3v) is 3.58. The van der Waals surface area contributed by atoms with Crippen molar-refractivity contribution in [2.75, 3.05) is 18.0 Å². The molecule has 0 saturated carbocycles. The lowest BCUT2D eigenvalue weighted by atomic mass is 9.96. The van der Waals surface area contributed by atoms with E-state index in [-0.39, 0.29) is 37.4 Å². The van der Waals surface area contributed by atoms with E-state index in [2.05, 4.69) is 9.97 Å². The first-order chi connectivity index (χ1) is 9.27. The van der Waals surface area contributed by atoms with Gasteiger partial charge in [0.15, 0.2) is 0 Å². The molecule has 0 aromatic carbocycles. The highest BCUT2D eigenvalue weighted by molar-refractivity contribution is 5.38. The van der Waals surface area contributed by atoms with E-state index in [9.17, 15) is 18.0 Å². The Labute approximate surface area is 115 Å². The number of nitrogens with zero attached hydrogens (tertiary/aromatic N) is 2. The molecule has 0 atom stereocenters. The van der Waals surface area contributed by atoms with E-state index < -0.39 is 12.1 Å². The van der Waals surface area contributed by atoms with Crippen LogP contribution >= 0.6 is 0 Å². The van der Waals surface area contributed by atoms with Crippen LogP contribution in [-0.2, 0) is 0 Å². The Morgan fingerprint density at radius 2 is 1.95 bits per heavy atom. The number of aromatic nitrogens is 2. The zero-order chi connectivity index (χ0) is 14.9. The molecule has 112 valence electrons. The highest BCUT2D eigenvalue weighted by Gasteiger charge is 2.41. The van der Waals surface area contributed by atoms with Crippen LogP contribution < -0.4 is 10.5 Å². The van der Waals surface area contributed by atoms with Crippen LogP contribution in [0.25, 0.3) is 0 Å². The lowest BCUT2D eigenvalue weighted by Crippen LogP contribution is -2.40. The van der Waals surface area contributed by atoms with Crippen molar-refractivity contribution in [1.29, 1.82) is 0 Å². The van der Waals surface area contributed by atoms with Gasteiger partial charge in [-0.05, 0) is 12.8 Å². The Morgan fingerprint density at radius 1 is 1.35 bits per heavy atom. The number of nitrogens with one attached hydrogen (secondary N) is 1. The molecule has 0 amide bonds. The second kappa shape index (κ2) is 5.46. The van der Waals surface area contributed by atoms with Gasteiger partial charge < -0.3 is 9.88 Å². The van der Waals surface area contributed by atoms with Gasteiger partial charge in [-0.3, -0.25) is 4.79 Å². The van der Waals surface area contributed by atoms with Crippen LogP contribution in [0.15, 0.2) is 10.9 Å². The van der Waals surface area contributed by atoms with Crippen molar-refractivity contribution in [2.24, 2.45) is 5.92 Å². The van der Waals surface area contributed by atoms with E-state index >= 15 is 0 Å². The lowest BCUT2D eigenvalue weighted by molar-refractivity contribution is -0.179. The second-order valence-electron chi connectivity index (χ2n) is 5.45. The summed E-state index contributed by atoms with van der Waals surface area (Å²) in [6.07, 6.45) is -4.03. The molecule has 0 radical (unpaired) electrons. The van der Waals surface area contributed by atoms with Gasteiger partial charge in [-0.25, -0.2) is 4.98 Å². The summed E-state index contributed by atoms with van der Waals surface area (Å²) in [5.74, 6) is -0.149. The fourth-order valence-corrected chi connectivity index (χ4v) is 2.33. The minimum Gasteiger partial charge on any atom is -0.356 e. The van der Waals surface area contributed by atoms with Crippen LogP contribution in [0, 0.1) is 5.92 Å². The number of H-pyrrole nitrogens is 1. The molecular formula is C13H18F3N3O. The molecule has 4 nitrogen and oxygen atoms in total. The average Bonchev–Trinajstić information content (AvgIpc) is 2.37. The van der Waals surface area contributed by atoms with E-state index in [1.807, 2.05) is 13.8 Å². The van der Waals surface area contributed by atoms with Crippen molar-refractivity contribution in [1.82, 2.24) is 9.97 Å². The monoisotopic (exact) mass is 289 g/mol. The Bertz CT molecular complexity index is 516. The lowest BCUT2D eigenvalue weighted by Gasteiger charge is -2.33. The number of alkyl halides is 3. The summed E-state index contributed by atoms with van der Waals surface area (Å²) >= 11 is 0. The summed E-state index contributed by atoms with van der Waals surface area (Å²) in [6.45, 7) is 4.35. The number of hydrogen-bond donors (Lipinski definition) is 1. The second-order valence-corrected chi connectivity index (χ2v) is 5.45. The molecule has 1 aromatic heterocycles. The fraction of sp³-hybridized carbons (Fsp3) is 0.692. The van der Waals surface area contributed by atoms with Crippen molar-refractivity contribution < 1.29 is 13.2 Å². The van der Waals surface area contributed by atoms with Crippen LogP contribution in [0.4, 0.5) is 19.0 Å². The normalized spacial score (nSPS) is 17.8. The molecule has 2 rings (SSSR count). The Kier molecular flexibility index (Phi) is 4.06. The minimum absolute atomic E-state index is 0.0506. The average molecular weight is 289 g/mol. The molecule has 1 fully saturated rings. The van der Waals surface area contributed by atoms with Crippen LogP contribution in [0.5, 0.6) is 0 Å². The highest BCUT2D eigenvalue weighted by atomic mass is 19.4. The number of aromatic amines is 1. The van der Waals surface area contributed by atoms with Gasteiger partial charge in [0.05, 0.1) is 5.92 Å². The minimum atomic E-state index is -4.13. The van der Waals surface area contributed by atoms with Gasteiger partial charge in [0.25, 0.3) is 5.56 Å². The van der Waals surface area contributed by atoms with Gasteiger partial charge >= 0.3 is 6.18 Å². The molecule has 0 bridgehead atoms. The summed E-state index contributed by atoms with van der Waals surface area (Å²) < 4.78 is 37.8. The number of halogens is 3. The predicted molar refractivity (Wildman–Crippen MR) is 69.9 cm³/mol. The van der Waals surface area contributed by atoms with E-state index in [1.165, 1.54) is 6.07 Å². The van der Waals surface area contributed by atoms with Gasteiger partial charge in [-0.15, -0.1) is 0 Å². The summed E-state index contributed by atoms with van der Waals surface area (Å²) in [5, 5.41) is 0. The van der Waals surface area contributed by atoms with Gasteiger partial charge in [0, 0.05) is 25.1 Å². The van der Waals surface area contributed by atoms with Crippen LogP contribution in [0.2, 0.25) is 0 Å². The van der Waals surface area contributed by atoms with E-state index in [1.54, 1.807) is 4.90 Å². The smallest absolute Gasteiger partial charge is 0.356 e. The Balaban J connectivity index is 2.13. The summed E-state index contributed by atoms with van der Waals surface area (Å²) in [4.78, 5) is 20.3. The molecule has 20 heavy (non-hydrogen) atoms. The summed E-state index contributed by atoms with van der Waals surface area (Å²) in [7, 11) is 0. The van der Waals surface area contributed by atoms with Crippen LogP contribution in [0.3, 0.4) is 0 Å². The summed E-state index contributed by atoms with van der Waals surface area (Å²) in [5.41, 5.74) is -0.267. The number of hydrogen-bond acceptors (Lipinski definition) is 3. The maximum Gasteiger partial charge on any atom is 0.391 e. The van der Waals surface area contributed by atoms with Crippen molar-refractivity contribution in [2.45, 2.75) is 38.8 Å². The predicted octanol–water partition coefficient (Wildman–Crippen LogP) is 2.67. The standard InChI is InChI=1S/C13H18F3N3O/c1-8(2)12-17-10(7-11(20)18-12)19-5-3-9(4-6-19)13(14,15)16/h7-9H,3-6H2,1-2H3,(H,17,18,20). The van der Waals surface area contributed by atoms with Gasteiger partial charge in [0.1, 0.15) is 11.6 Å². The SMILES string of the molecule is CC(C)c1nc(N2CCC(C(F)(F)F)CC2)cc(=O)[nH]1. The van der Waals surface area contributed by atoms with Crippen molar-refractivity contribution in [3.05, 3.63) is 22.2 Å². The molecule has 0 aliphatic carbocycles. The third kappa shape index (κ3) is 3.32. The largest absolute Gasteiger partial charge is 0.391 e. The summed E-state index contributed by atoms with van der Waals surface area (Å²) in [6, 6.07) is 1.35. The van der Waals surface area contributed by atoms with E-state index in [0.29, 0.717) is 11.6 Å². The number of piperidine rings is 1. The first kappa shape index (κ1) is 14.9. The van der Waals surface area contributed by atoms with Gasteiger partial charge in [0.2, 0.25) is 0 Å². The van der Waals surface area contributed by atoms with Crippen molar-refractivity contribution in [3.8, 4) is 0 Å². The highest BCUT2D eigenvalue weighted by Crippen LogP contribution is 2.34. The molecular weight excluding hydrogens is 271 g/mol. The maximum absolute atomic E-state index is 12.6. The zero-order valence-electron chi connectivity index (χ0n) is 11.5. The molecule has 1 aliphatic heterocycles. The molecule has 1 saturated heterocycles. The molecule has 1 aromatic rings. The maximum atomic E-state index is 12.6. The van der Waals surface area contributed by atoms with Crippen molar-refractivity contribution >= 4 is 5.82 Å². The van der Waals surface area contributed by atoms with Gasteiger partial charge in [-0.1, -0.05) is 13.8 Å². The third-order valence-electron chi connectivity index (χ3n) is 3.58. The topological polar surface area (TPSA) is 49.0 Å². The number of anilines is 1. The number of rotatable bonds is 2. The molecule has 1 aliphatic rings. The Hall–Kier alpha value is -1.53.